The number of carbonyl (C=O) groups excluding carboxylic acids is 1. The summed E-state index contributed by atoms with van der Waals surface area (Å²) in [6.45, 7) is 2.08. The molecule has 2 aromatic carbocycles. The molecule has 1 saturated heterocycles. The first-order chi connectivity index (χ1) is 13.8. The summed E-state index contributed by atoms with van der Waals surface area (Å²) < 4.78 is 5.85. The van der Waals surface area contributed by atoms with Crippen LogP contribution in [-0.4, -0.2) is 30.1 Å². The summed E-state index contributed by atoms with van der Waals surface area (Å²) in [4.78, 5) is 17.0. The SMILES string of the molecule is O=C(C(c1ccccc1)c1ccccc1)N(Cc1cccs1)CC1CCCO1. The predicted molar refractivity (Wildman–Crippen MR) is 113 cm³/mol. The fraction of sp³-hybridized carbons (Fsp3) is 0.292. The van der Waals surface area contributed by atoms with Crippen molar-refractivity contribution < 1.29 is 9.53 Å². The lowest BCUT2D eigenvalue weighted by Gasteiger charge is -2.29. The van der Waals surface area contributed by atoms with Crippen LogP contribution < -0.4 is 0 Å². The molecule has 3 aromatic rings. The van der Waals surface area contributed by atoms with Crippen LogP contribution >= 0.6 is 11.3 Å². The first kappa shape index (κ1) is 18.9. The van der Waals surface area contributed by atoms with Gasteiger partial charge in [-0.05, 0) is 35.4 Å². The molecule has 1 amide bonds. The van der Waals surface area contributed by atoms with Gasteiger partial charge in [-0.2, -0.15) is 0 Å². The van der Waals surface area contributed by atoms with Gasteiger partial charge in [0.05, 0.1) is 18.6 Å². The number of hydrogen-bond donors (Lipinski definition) is 0. The Bertz CT molecular complexity index is 819. The van der Waals surface area contributed by atoms with Crippen molar-refractivity contribution in [2.75, 3.05) is 13.2 Å². The van der Waals surface area contributed by atoms with Crippen LogP contribution in [-0.2, 0) is 16.1 Å². The van der Waals surface area contributed by atoms with Crippen molar-refractivity contribution in [3.63, 3.8) is 0 Å². The highest BCUT2D eigenvalue weighted by Crippen LogP contribution is 2.29. The van der Waals surface area contributed by atoms with Crippen molar-refractivity contribution >= 4 is 17.2 Å². The molecular weight excluding hydrogens is 366 g/mol. The second-order valence-electron chi connectivity index (χ2n) is 7.19. The van der Waals surface area contributed by atoms with E-state index in [1.165, 1.54) is 4.88 Å². The standard InChI is InChI=1S/C24H25NO2S/c26-24(23(19-9-3-1-4-10-19)20-11-5-2-6-12-20)25(17-21-13-7-15-27-21)18-22-14-8-16-28-22/h1-6,8-12,14,16,21,23H,7,13,15,17-18H2. The van der Waals surface area contributed by atoms with Gasteiger partial charge in [0, 0.05) is 18.0 Å². The molecule has 4 heteroatoms. The lowest BCUT2D eigenvalue weighted by atomic mass is 9.90. The van der Waals surface area contributed by atoms with Crippen molar-refractivity contribution in [2.45, 2.75) is 31.4 Å². The molecular formula is C24H25NO2S. The van der Waals surface area contributed by atoms with Gasteiger partial charge in [0.25, 0.3) is 0 Å². The molecule has 0 bridgehead atoms. The van der Waals surface area contributed by atoms with E-state index in [1.54, 1.807) is 11.3 Å². The van der Waals surface area contributed by atoms with Gasteiger partial charge >= 0.3 is 0 Å². The smallest absolute Gasteiger partial charge is 0.234 e. The van der Waals surface area contributed by atoms with E-state index in [4.69, 9.17) is 4.74 Å². The van der Waals surface area contributed by atoms with E-state index in [2.05, 4.69) is 11.4 Å². The lowest BCUT2D eigenvalue weighted by molar-refractivity contribution is -0.134. The first-order valence-electron chi connectivity index (χ1n) is 9.84. The van der Waals surface area contributed by atoms with Crippen molar-refractivity contribution in [3.05, 3.63) is 94.2 Å². The van der Waals surface area contributed by atoms with Crippen LogP contribution in [0.3, 0.4) is 0 Å². The summed E-state index contributed by atoms with van der Waals surface area (Å²) >= 11 is 1.70. The maximum atomic E-state index is 13.8. The Labute approximate surface area is 170 Å². The highest BCUT2D eigenvalue weighted by atomic mass is 32.1. The van der Waals surface area contributed by atoms with Crippen LogP contribution in [0.5, 0.6) is 0 Å². The molecule has 0 aliphatic carbocycles. The molecule has 0 radical (unpaired) electrons. The molecule has 0 N–H and O–H groups in total. The summed E-state index contributed by atoms with van der Waals surface area (Å²) in [6.07, 6.45) is 2.23. The van der Waals surface area contributed by atoms with Crippen LogP contribution in [0.1, 0.15) is 34.8 Å². The van der Waals surface area contributed by atoms with Gasteiger partial charge in [-0.25, -0.2) is 0 Å². The van der Waals surface area contributed by atoms with Crippen molar-refractivity contribution in [2.24, 2.45) is 0 Å². The quantitative estimate of drug-likeness (QED) is 0.562. The lowest BCUT2D eigenvalue weighted by Crippen LogP contribution is -2.40. The van der Waals surface area contributed by atoms with Crippen LogP contribution in [0.2, 0.25) is 0 Å². The second-order valence-corrected chi connectivity index (χ2v) is 8.22. The van der Waals surface area contributed by atoms with Crippen molar-refractivity contribution in [3.8, 4) is 0 Å². The predicted octanol–water partition coefficient (Wildman–Crippen LogP) is 5.09. The minimum atomic E-state index is -0.302. The summed E-state index contributed by atoms with van der Waals surface area (Å²) in [7, 11) is 0. The highest BCUT2D eigenvalue weighted by Gasteiger charge is 2.30. The Hall–Kier alpha value is -2.43. The third kappa shape index (κ3) is 4.51. The largest absolute Gasteiger partial charge is 0.376 e. The minimum absolute atomic E-state index is 0.135. The number of amides is 1. The number of rotatable bonds is 7. The molecule has 1 aromatic heterocycles. The molecule has 28 heavy (non-hydrogen) atoms. The normalized spacial score (nSPS) is 16.4. The third-order valence-corrected chi connectivity index (χ3v) is 6.06. The third-order valence-electron chi connectivity index (χ3n) is 5.20. The van der Waals surface area contributed by atoms with Gasteiger partial charge in [0.15, 0.2) is 0 Å². The van der Waals surface area contributed by atoms with Gasteiger partial charge in [-0.3, -0.25) is 4.79 Å². The number of hydrogen-bond acceptors (Lipinski definition) is 3. The van der Waals surface area contributed by atoms with Crippen LogP contribution in [0.4, 0.5) is 0 Å². The van der Waals surface area contributed by atoms with E-state index in [-0.39, 0.29) is 17.9 Å². The molecule has 1 aliphatic rings. The first-order valence-corrected chi connectivity index (χ1v) is 10.7. The van der Waals surface area contributed by atoms with Crippen molar-refractivity contribution in [1.29, 1.82) is 0 Å². The molecule has 1 atom stereocenters. The molecule has 1 aliphatic heterocycles. The van der Waals surface area contributed by atoms with Gasteiger partial charge in [0.1, 0.15) is 0 Å². The monoisotopic (exact) mass is 391 g/mol. The maximum absolute atomic E-state index is 13.8. The zero-order valence-electron chi connectivity index (χ0n) is 15.9. The molecule has 3 nitrogen and oxygen atoms in total. The molecule has 1 unspecified atom stereocenters. The van der Waals surface area contributed by atoms with Crippen LogP contribution in [0, 0.1) is 0 Å². The molecule has 4 rings (SSSR count). The van der Waals surface area contributed by atoms with E-state index in [9.17, 15) is 4.79 Å². The van der Waals surface area contributed by atoms with Crippen LogP contribution in [0.25, 0.3) is 0 Å². The van der Waals surface area contributed by atoms with Gasteiger partial charge in [0.2, 0.25) is 5.91 Å². The Kier molecular flexibility index (Phi) is 6.20. The van der Waals surface area contributed by atoms with E-state index >= 15 is 0 Å². The Morgan fingerprint density at radius 3 is 2.21 bits per heavy atom. The summed E-state index contributed by atoms with van der Waals surface area (Å²) in [5.41, 5.74) is 2.06. The molecule has 0 saturated carbocycles. The fourth-order valence-electron chi connectivity index (χ4n) is 3.81. The van der Waals surface area contributed by atoms with Crippen molar-refractivity contribution in [1.82, 2.24) is 4.90 Å². The van der Waals surface area contributed by atoms with E-state index in [1.807, 2.05) is 71.6 Å². The Balaban J connectivity index is 1.66. The average molecular weight is 392 g/mol. The van der Waals surface area contributed by atoms with E-state index in [0.717, 1.165) is 30.6 Å². The second kappa shape index (κ2) is 9.18. The molecule has 2 heterocycles. The summed E-state index contributed by atoms with van der Waals surface area (Å²) in [6, 6.07) is 24.3. The molecule has 1 fully saturated rings. The summed E-state index contributed by atoms with van der Waals surface area (Å²) in [5, 5.41) is 2.07. The summed E-state index contributed by atoms with van der Waals surface area (Å²) in [5.74, 6) is -0.162. The average Bonchev–Trinajstić information content (AvgIpc) is 3.44. The number of benzene rings is 2. The number of ether oxygens (including phenoxy) is 1. The Morgan fingerprint density at radius 2 is 1.68 bits per heavy atom. The van der Waals surface area contributed by atoms with E-state index < -0.39 is 0 Å². The maximum Gasteiger partial charge on any atom is 0.234 e. The Morgan fingerprint density at radius 1 is 1.00 bits per heavy atom. The molecule has 0 spiro atoms. The van der Waals surface area contributed by atoms with E-state index in [0.29, 0.717) is 13.1 Å². The molecule has 144 valence electrons. The number of nitrogens with zero attached hydrogens (tertiary/aromatic N) is 1. The van der Waals surface area contributed by atoms with Crippen LogP contribution in [0.15, 0.2) is 78.2 Å². The minimum Gasteiger partial charge on any atom is -0.376 e. The highest BCUT2D eigenvalue weighted by molar-refractivity contribution is 7.09. The van der Waals surface area contributed by atoms with Gasteiger partial charge in [-0.1, -0.05) is 66.7 Å². The van der Waals surface area contributed by atoms with Gasteiger partial charge < -0.3 is 9.64 Å². The topological polar surface area (TPSA) is 29.5 Å². The fourth-order valence-corrected chi connectivity index (χ4v) is 4.53. The van der Waals surface area contributed by atoms with Gasteiger partial charge in [-0.15, -0.1) is 11.3 Å². The zero-order chi connectivity index (χ0) is 19.2. The number of thiophene rings is 1. The zero-order valence-corrected chi connectivity index (χ0v) is 16.7. The number of carbonyl (C=O) groups is 1.